The Balaban J connectivity index is 1.63. The molecule has 1 aromatic rings. The van der Waals surface area contributed by atoms with E-state index in [1.54, 1.807) is 22.1 Å². The summed E-state index contributed by atoms with van der Waals surface area (Å²) < 4.78 is 0.846. The fourth-order valence-electron chi connectivity index (χ4n) is 3.97. The lowest BCUT2D eigenvalue weighted by atomic mass is 9.94. The van der Waals surface area contributed by atoms with Gasteiger partial charge >= 0.3 is 0 Å². The van der Waals surface area contributed by atoms with Crippen LogP contribution >= 0.6 is 15.9 Å². The molecule has 3 amide bonds. The molecule has 1 aromatic heterocycles. The second kappa shape index (κ2) is 9.49. The summed E-state index contributed by atoms with van der Waals surface area (Å²) in [5.74, 6) is 0.148. The van der Waals surface area contributed by atoms with Crippen molar-refractivity contribution in [1.29, 1.82) is 0 Å². The van der Waals surface area contributed by atoms with Crippen LogP contribution in [0.2, 0.25) is 0 Å². The molecule has 3 rings (SSSR count). The Morgan fingerprint density at radius 2 is 2.00 bits per heavy atom. The highest BCUT2D eigenvalue weighted by Crippen LogP contribution is 2.24. The van der Waals surface area contributed by atoms with Crippen molar-refractivity contribution in [3.63, 3.8) is 0 Å². The van der Waals surface area contributed by atoms with Gasteiger partial charge in [-0.15, -0.1) is 0 Å². The molecule has 7 nitrogen and oxygen atoms in total. The molecular weight excluding hydrogens is 424 g/mol. The number of nitrogens with one attached hydrogen (secondary N) is 1. The average Bonchev–Trinajstić information content (AvgIpc) is 2.74. The van der Waals surface area contributed by atoms with Crippen molar-refractivity contribution in [3.05, 3.63) is 22.8 Å². The monoisotopic (exact) mass is 450 g/mol. The summed E-state index contributed by atoms with van der Waals surface area (Å²) in [4.78, 5) is 45.7. The van der Waals surface area contributed by atoms with Gasteiger partial charge in [-0.2, -0.15) is 0 Å². The summed E-state index contributed by atoms with van der Waals surface area (Å²) in [5.41, 5.74) is 0. The van der Waals surface area contributed by atoms with Crippen molar-refractivity contribution < 1.29 is 14.4 Å². The Morgan fingerprint density at radius 1 is 1.18 bits per heavy atom. The van der Waals surface area contributed by atoms with Crippen LogP contribution in [0.15, 0.2) is 22.8 Å². The smallest absolute Gasteiger partial charge is 0.245 e. The van der Waals surface area contributed by atoms with Crippen LogP contribution in [0.25, 0.3) is 0 Å². The van der Waals surface area contributed by atoms with Crippen LogP contribution < -0.4 is 5.32 Å². The molecule has 0 bridgehead atoms. The zero-order chi connectivity index (χ0) is 20.1. The number of hydrogen-bond donors (Lipinski definition) is 1. The summed E-state index contributed by atoms with van der Waals surface area (Å²) in [6.07, 6.45) is 6.18. The first-order valence-electron chi connectivity index (χ1n) is 10.00. The zero-order valence-electron chi connectivity index (χ0n) is 16.2. The number of hydrogen-bond acceptors (Lipinski definition) is 4. The quantitative estimate of drug-likeness (QED) is 0.764. The highest BCUT2D eigenvalue weighted by Gasteiger charge is 2.37. The van der Waals surface area contributed by atoms with Crippen LogP contribution in [-0.2, 0) is 14.4 Å². The summed E-state index contributed by atoms with van der Waals surface area (Å²) in [5, 5.41) is 2.84. The number of rotatable bonds is 4. The fourth-order valence-corrected chi connectivity index (χ4v) is 4.20. The number of carbonyl (C=O) groups is 3. The lowest BCUT2D eigenvalue weighted by molar-refractivity contribution is -0.149. The van der Waals surface area contributed by atoms with E-state index in [4.69, 9.17) is 0 Å². The number of anilines is 1. The van der Waals surface area contributed by atoms with E-state index in [-0.39, 0.29) is 29.7 Å². The lowest BCUT2D eigenvalue weighted by Gasteiger charge is -2.40. The summed E-state index contributed by atoms with van der Waals surface area (Å²) >= 11 is 3.32. The Hall–Kier alpha value is -1.96. The molecule has 2 unspecified atom stereocenters. The Bertz CT molecular complexity index is 725. The first kappa shape index (κ1) is 20.8. The molecule has 28 heavy (non-hydrogen) atoms. The van der Waals surface area contributed by atoms with Crippen LogP contribution in [0.1, 0.15) is 45.4 Å². The van der Waals surface area contributed by atoms with E-state index >= 15 is 0 Å². The van der Waals surface area contributed by atoms with Gasteiger partial charge in [0.05, 0.1) is 5.92 Å². The minimum absolute atomic E-state index is 0.0132. The first-order valence-corrected chi connectivity index (χ1v) is 10.8. The Labute approximate surface area is 174 Å². The highest BCUT2D eigenvalue weighted by atomic mass is 79.9. The van der Waals surface area contributed by atoms with Crippen LogP contribution in [-0.4, -0.2) is 58.2 Å². The van der Waals surface area contributed by atoms with Crippen LogP contribution in [0.5, 0.6) is 0 Å². The van der Waals surface area contributed by atoms with Crippen LogP contribution in [0.3, 0.4) is 0 Å². The van der Waals surface area contributed by atoms with E-state index in [1.165, 1.54) is 0 Å². The predicted octanol–water partition coefficient (Wildman–Crippen LogP) is 2.81. The summed E-state index contributed by atoms with van der Waals surface area (Å²) in [6.45, 7) is 3.52. The van der Waals surface area contributed by atoms with Crippen molar-refractivity contribution >= 4 is 39.5 Å². The third kappa shape index (κ3) is 4.90. The number of nitrogens with zero attached hydrogens (tertiary/aromatic N) is 3. The molecule has 3 heterocycles. The van der Waals surface area contributed by atoms with E-state index in [1.807, 2.05) is 13.0 Å². The third-order valence-corrected chi connectivity index (χ3v) is 5.96. The van der Waals surface area contributed by atoms with E-state index in [9.17, 15) is 14.4 Å². The van der Waals surface area contributed by atoms with E-state index < -0.39 is 0 Å². The molecule has 2 atom stereocenters. The maximum atomic E-state index is 13.1. The molecule has 0 saturated carbocycles. The van der Waals surface area contributed by atoms with Crippen LogP contribution in [0, 0.1) is 5.92 Å². The summed E-state index contributed by atoms with van der Waals surface area (Å²) in [6, 6.07) is 3.18. The first-order chi connectivity index (χ1) is 13.5. The van der Waals surface area contributed by atoms with Gasteiger partial charge in [-0.05, 0) is 60.2 Å². The highest BCUT2D eigenvalue weighted by molar-refractivity contribution is 9.10. The molecule has 2 aliphatic heterocycles. The van der Waals surface area contributed by atoms with Crippen LogP contribution in [0.4, 0.5) is 5.82 Å². The molecule has 0 aromatic carbocycles. The fraction of sp³-hybridized carbons (Fsp3) is 0.600. The molecule has 0 aliphatic carbocycles. The lowest BCUT2D eigenvalue weighted by Crippen LogP contribution is -2.55. The Morgan fingerprint density at radius 3 is 2.71 bits per heavy atom. The van der Waals surface area contributed by atoms with Gasteiger partial charge in [-0.25, -0.2) is 4.98 Å². The number of halogens is 1. The maximum absolute atomic E-state index is 13.1. The van der Waals surface area contributed by atoms with Gasteiger partial charge in [-0.1, -0.05) is 6.92 Å². The SMILES string of the molecule is CCC(=O)N1CCCCC1C(=O)N1CCCC(C(=O)Nc2ccc(Br)cn2)C1. The topological polar surface area (TPSA) is 82.6 Å². The third-order valence-electron chi connectivity index (χ3n) is 5.49. The largest absolute Gasteiger partial charge is 0.340 e. The van der Waals surface area contributed by atoms with Crippen molar-refractivity contribution in [1.82, 2.24) is 14.8 Å². The van der Waals surface area contributed by atoms with Gasteiger partial charge in [0.15, 0.2) is 0 Å². The van der Waals surface area contributed by atoms with E-state index in [0.717, 1.165) is 30.2 Å². The predicted molar refractivity (Wildman–Crippen MR) is 110 cm³/mol. The zero-order valence-corrected chi connectivity index (χ0v) is 17.8. The minimum atomic E-state index is -0.379. The molecular formula is C20H27BrN4O3. The van der Waals surface area contributed by atoms with Crippen molar-refractivity contribution in [2.75, 3.05) is 25.0 Å². The summed E-state index contributed by atoms with van der Waals surface area (Å²) in [7, 11) is 0. The number of amides is 3. The number of aromatic nitrogens is 1. The molecule has 1 N–H and O–H groups in total. The number of pyridine rings is 1. The molecule has 8 heteroatoms. The molecule has 2 aliphatic rings. The average molecular weight is 451 g/mol. The number of likely N-dealkylation sites (tertiary alicyclic amines) is 2. The maximum Gasteiger partial charge on any atom is 0.245 e. The van der Waals surface area contributed by atoms with Crippen molar-refractivity contribution in [2.24, 2.45) is 5.92 Å². The molecule has 2 fully saturated rings. The minimum Gasteiger partial charge on any atom is -0.340 e. The molecule has 0 spiro atoms. The second-order valence-corrected chi connectivity index (χ2v) is 8.34. The number of carbonyl (C=O) groups excluding carboxylic acids is 3. The van der Waals surface area contributed by atoms with Crippen molar-refractivity contribution in [2.45, 2.75) is 51.5 Å². The standard InChI is InChI=1S/C20H27BrN4O3/c1-2-18(26)25-11-4-3-7-16(25)20(28)24-10-5-6-14(13-24)19(27)23-17-9-8-15(21)12-22-17/h8-9,12,14,16H,2-7,10-11,13H2,1H3,(H,22,23,27). The molecule has 152 valence electrons. The van der Waals surface area contributed by atoms with Gasteiger partial charge in [0, 0.05) is 36.7 Å². The van der Waals surface area contributed by atoms with Gasteiger partial charge < -0.3 is 15.1 Å². The van der Waals surface area contributed by atoms with Gasteiger partial charge in [0.25, 0.3) is 0 Å². The Kier molecular flexibility index (Phi) is 7.04. The normalized spacial score (nSPS) is 22.6. The molecule has 0 radical (unpaired) electrons. The van der Waals surface area contributed by atoms with Gasteiger partial charge in [0.1, 0.15) is 11.9 Å². The van der Waals surface area contributed by atoms with E-state index in [2.05, 4.69) is 26.2 Å². The second-order valence-electron chi connectivity index (χ2n) is 7.43. The van der Waals surface area contributed by atoms with Gasteiger partial charge in [-0.3, -0.25) is 14.4 Å². The van der Waals surface area contributed by atoms with Gasteiger partial charge in [0.2, 0.25) is 17.7 Å². The van der Waals surface area contributed by atoms with Crippen molar-refractivity contribution in [3.8, 4) is 0 Å². The number of piperidine rings is 2. The van der Waals surface area contributed by atoms with E-state index in [0.29, 0.717) is 38.3 Å². The molecule has 2 saturated heterocycles.